The van der Waals surface area contributed by atoms with Crippen molar-refractivity contribution >= 4 is 9.84 Å². The zero-order valence-electron chi connectivity index (χ0n) is 10.4. The van der Waals surface area contributed by atoms with Crippen molar-refractivity contribution in [2.45, 2.75) is 44.3 Å². The number of rotatable bonds is 4. The minimum absolute atomic E-state index is 0.359. The van der Waals surface area contributed by atoms with E-state index in [-0.39, 0.29) is 5.25 Å². The molecule has 90 valence electrons. The molecule has 0 aliphatic rings. The Morgan fingerprint density at radius 1 is 1.12 bits per heavy atom. The fourth-order valence-corrected chi connectivity index (χ4v) is 2.72. The maximum Gasteiger partial charge on any atom is 0.180 e. The SMILES string of the molecule is CC(C)Cc1cccc(S(=O)(=O)C(C)C)c1. The normalized spacial score (nSPS) is 12.4. The van der Waals surface area contributed by atoms with Crippen LogP contribution in [0.4, 0.5) is 0 Å². The fraction of sp³-hybridized carbons (Fsp3) is 0.538. The lowest BCUT2D eigenvalue weighted by Crippen LogP contribution is -2.14. The molecule has 0 unspecified atom stereocenters. The van der Waals surface area contributed by atoms with E-state index in [4.69, 9.17) is 0 Å². The largest absolute Gasteiger partial charge is 0.223 e. The average Bonchev–Trinajstić information content (AvgIpc) is 2.16. The van der Waals surface area contributed by atoms with Crippen LogP contribution in [0.15, 0.2) is 29.2 Å². The van der Waals surface area contributed by atoms with Gasteiger partial charge in [0.2, 0.25) is 0 Å². The molecule has 0 saturated carbocycles. The molecule has 0 aromatic heterocycles. The van der Waals surface area contributed by atoms with Crippen LogP contribution in [0.1, 0.15) is 33.3 Å². The van der Waals surface area contributed by atoms with Crippen LogP contribution >= 0.6 is 0 Å². The van der Waals surface area contributed by atoms with Crippen molar-refractivity contribution in [3.8, 4) is 0 Å². The van der Waals surface area contributed by atoms with Crippen molar-refractivity contribution in [2.24, 2.45) is 5.92 Å². The summed E-state index contributed by atoms with van der Waals surface area (Å²) in [6.45, 7) is 7.68. The van der Waals surface area contributed by atoms with Gasteiger partial charge in [-0.05, 0) is 43.9 Å². The van der Waals surface area contributed by atoms with Crippen LogP contribution in [-0.4, -0.2) is 13.7 Å². The van der Waals surface area contributed by atoms with E-state index < -0.39 is 9.84 Å². The van der Waals surface area contributed by atoms with Gasteiger partial charge in [0.25, 0.3) is 0 Å². The summed E-state index contributed by atoms with van der Waals surface area (Å²) in [4.78, 5) is 0.445. The zero-order chi connectivity index (χ0) is 12.3. The Hall–Kier alpha value is -0.830. The van der Waals surface area contributed by atoms with Gasteiger partial charge in [-0.25, -0.2) is 8.42 Å². The second-order valence-electron chi connectivity index (χ2n) is 4.84. The van der Waals surface area contributed by atoms with Crippen LogP contribution in [0.25, 0.3) is 0 Å². The van der Waals surface area contributed by atoms with E-state index >= 15 is 0 Å². The topological polar surface area (TPSA) is 34.1 Å². The second kappa shape index (κ2) is 5.00. The van der Waals surface area contributed by atoms with Crippen LogP contribution in [-0.2, 0) is 16.3 Å². The van der Waals surface area contributed by atoms with Gasteiger partial charge in [0.1, 0.15) is 0 Å². The Kier molecular flexibility index (Phi) is 4.14. The van der Waals surface area contributed by atoms with E-state index in [1.54, 1.807) is 26.0 Å². The minimum atomic E-state index is -3.14. The van der Waals surface area contributed by atoms with Gasteiger partial charge in [0, 0.05) is 0 Å². The maximum absolute atomic E-state index is 12.0. The molecular formula is C13H20O2S. The van der Waals surface area contributed by atoms with Gasteiger partial charge < -0.3 is 0 Å². The van der Waals surface area contributed by atoms with E-state index in [1.165, 1.54) is 0 Å². The molecule has 3 heteroatoms. The first-order valence-electron chi connectivity index (χ1n) is 5.67. The molecule has 0 amide bonds. The van der Waals surface area contributed by atoms with Gasteiger partial charge in [-0.15, -0.1) is 0 Å². The van der Waals surface area contributed by atoms with Gasteiger partial charge in [-0.1, -0.05) is 26.0 Å². The lowest BCUT2D eigenvalue weighted by atomic mass is 10.0. The maximum atomic E-state index is 12.0. The molecule has 0 aliphatic heterocycles. The van der Waals surface area contributed by atoms with Gasteiger partial charge in [0.15, 0.2) is 9.84 Å². The van der Waals surface area contributed by atoms with Crippen molar-refractivity contribution < 1.29 is 8.42 Å². The Morgan fingerprint density at radius 3 is 2.25 bits per heavy atom. The predicted molar refractivity (Wildman–Crippen MR) is 67.3 cm³/mol. The molecule has 0 heterocycles. The monoisotopic (exact) mass is 240 g/mol. The molecule has 0 atom stereocenters. The summed E-state index contributed by atoms with van der Waals surface area (Å²) in [5, 5.41) is -0.359. The van der Waals surface area contributed by atoms with Crippen molar-refractivity contribution in [1.82, 2.24) is 0 Å². The quantitative estimate of drug-likeness (QED) is 0.810. The van der Waals surface area contributed by atoms with Crippen LogP contribution in [0, 0.1) is 5.92 Å². The molecule has 0 aliphatic carbocycles. The van der Waals surface area contributed by atoms with E-state index in [9.17, 15) is 8.42 Å². The predicted octanol–water partition coefficient (Wildman–Crippen LogP) is 3.07. The zero-order valence-corrected chi connectivity index (χ0v) is 11.2. The second-order valence-corrected chi connectivity index (χ2v) is 7.34. The molecule has 0 radical (unpaired) electrons. The van der Waals surface area contributed by atoms with E-state index in [0.29, 0.717) is 10.8 Å². The van der Waals surface area contributed by atoms with Crippen molar-refractivity contribution in [3.05, 3.63) is 29.8 Å². The van der Waals surface area contributed by atoms with Gasteiger partial charge in [-0.3, -0.25) is 0 Å². The average molecular weight is 240 g/mol. The first-order valence-corrected chi connectivity index (χ1v) is 7.21. The molecule has 0 bridgehead atoms. The highest BCUT2D eigenvalue weighted by atomic mass is 32.2. The molecule has 0 spiro atoms. The summed E-state index contributed by atoms with van der Waals surface area (Å²) in [6.07, 6.45) is 0.918. The third-order valence-electron chi connectivity index (χ3n) is 2.49. The number of hydrogen-bond donors (Lipinski definition) is 0. The van der Waals surface area contributed by atoms with Crippen molar-refractivity contribution in [2.75, 3.05) is 0 Å². The Morgan fingerprint density at radius 2 is 1.75 bits per heavy atom. The molecule has 16 heavy (non-hydrogen) atoms. The standard InChI is InChI=1S/C13H20O2S/c1-10(2)8-12-6-5-7-13(9-12)16(14,15)11(3)4/h5-7,9-11H,8H2,1-4H3. The van der Waals surface area contributed by atoms with E-state index in [1.807, 2.05) is 12.1 Å². The summed E-state index contributed by atoms with van der Waals surface area (Å²) in [6, 6.07) is 7.29. The lowest BCUT2D eigenvalue weighted by Gasteiger charge is -2.10. The molecule has 2 nitrogen and oxygen atoms in total. The third-order valence-corrected chi connectivity index (χ3v) is 4.64. The molecule has 0 N–H and O–H groups in total. The van der Waals surface area contributed by atoms with Crippen molar-refractivity contribution in [1.29, 1.82) is 0 Å². The Bertz CT molecular complexity index is 445. The smallest absolute Gasteiger partial charge is 0.180 e. The molecule has 0 fully saturated rings. The molecule has 1 aromatic carbocycles. The van der Waals surface area contributed by atoms with Crippen LogP contribution in [0.5, 0.6) is 0 Å². The van der Waals surface area contributed by atoms with Gasteiger partial charge >= 0.3 is 0 Å². The molecule has 1 aromatic rings. The molecule has 1 rings (SSSR count). The van der Waals surface area contributed by atoms with E-state index in [2.05, 4.69) is 13.8 Å². The summed E-state index contributed by atoms with van der Waals surface area (Å²) >= 11 is 0. The summed E-state index contributed by atoms with van der Waals surface area (Å²) in [7, 11) is -3.14. The Labute approximate surface area is 98.6 Å². The van der Waals surface area contributed by atoms with Gasteiger partial charge in [-0.2, -0.15) is 0 Å². The van der Waals surface area contributed by atoms with Crippen LogP contribution in [0.2, 0.25) is 0 Å². The highest BCUT2D eigenvalue weighted by Crippen LogP contribution is 2.18. The number of benzene rings is 1. The number of hydrogen-bond acceptors (Lipinski definition) is 2. The molecular weight excluding hydrogens is 220 g/mol. The van der Waals surface area contributed by atoms with E-state index in [0.717, 1.165) is 12.0 Å². The first-order chi connectivity index (χ1) is 7.34. The van der Waals surface area contributed by atoms with Gasteiger partial charge in [0.05, 0.1) is 10.1 Å². The summed E-state index contributed by atoms with van der Waals surface area (Å²) in [5.74, 6) is 0.539. The minimum Gasteiger partial charge on any atom is -0.223 e. The highest BCUT2D eigenvalue weighted by Gasteiger charge is 2.19. The Balaban J connectivity index is 3.08. The molecule has 0 saturated heterocycles. The van der Waals surface area contributed by atoms with Crippen molar-refractivity contribution in [3.63, 3.8) is 0 Å². The van der Waals surface area contributed by atoms with Crippen LogP contribution in [0.3, 0.4) is 0 Å². The fourth-order valence-electron chi connectivity index (χ4n) is 1.59. The van der Waals surface area contributed by atoms with Crippen LogP contribution < -0.4 is 0 Å². The summed E-state index contributed by atoms with van der Waals surface area (Å²) < 4.78 is 23.9. The number of sulfone groups is 1. The third kappa shape index (κ3) is 3.08. The first kappa shape index (κ1) is 13.2. The lowest BCUT2D eigenvalue weighted by molar-refractivity contribution is 0.586. The summed E-state index contributed by atoms with van der Waals surface area (Å²) in [5.41, 5.74) is 1.09. The highest BCUT2D eigenvalue weighted by molar-refractivity contribution is 7.92.